The topological polar surface area (TPSA) is 87.7 Å². The molecule has 2 N–H and O–H groups in total. The highest BCUT2D eigenvalue weighted by Crippen LogP contribution is 2.33. The summed E-state index contributed by atoms with van der Waals surface area (Å²) in [7, 11) is 0. The number of carbonyl (C=O) groups excluding carboxylic acids is 3. The van der Waals surface area contributed by atoms with Gasteiger partial charge in [-0.2, -0.15) is 16.8 Å². The van der Waals surface area contributed by atoms with E-state index in [0.717, 1.165) is 30.1 Å². The van der Waals surface area contributed by atoms with Crippen molar-refractivity contribution in [1.82, 2.24) is 15.7 Å². The zero-order valence-electron chi connectivity index (χ0n) is 11.7. The Labute approximate surface area is 127 Å². The summed E-state index contributed by atoms with van der Waals surface area (Å²) in [6, 6.07) is 0.415. The van der Waals surface area contributed by atoms with Crippen molar-refractivity contribution in [2.45, 2.75) is 49.4 Å². The van der Waals surface area contributed by atoms with Gasteiger partial charge in [-0.15, -0.1) is 0 Å². The molecule has 3 unspecified atom stereocenters. The first-order chi connectivity index (χ1) is 10.1. The number of hydrogen-bond donors (Lipinski definition) is 2. The minimum Gasteiger partial charge on any atom is -0.332 e. The average molecular weight is 313 g/mol. The lowest BCUT2D eigenvalue weighted by Gasteiger charge is -2.17. The molecule has 3 fully saturated rings. The van der Waals surface area contributed by atoms with Crippen molar-refractivity contribution in [3.63, 3.8) is 0 Å². The molecule has 0 aromatic rings. The van der Waals surface area contributed by atoms with E-state index >= 15 is 0 Å². The van der Waals surface area contributed by atoms with E-state index in [1.807, 2.05) is 11.8 Å². The van der Waals surface area contributed by atoms with Gasteiger partial charge in [0.2, 0.25) is 0 Å². The van der Waals surface area contributed by atoms with E-state index in [1.54, 1.807) is 0 Å². The predicted octanol–water partition coefficient (Wildman–Crippen LogP) is 0.403. The van der Waals surface area contributed by atoms with Crippen LogP contribution in [0.4, 0.5) is 4.79 Å². The zero-order chi connectivity index (χ0) is 14.8. The molecule has 7 nitrogen and oxygen atoms in total. The highest BCUT2D eigenvalue weighted by molar-refractivity contribution is 8.00. The molecular weight excluding hydrogens is 294 g/mol. The second kappa shape index (κ2) is 6.23. The summed E-state index contributed by atoms with van der Waals surface area (Å²) in [6.45, 7) is 0.383. The number of thioether (sulfide) groups is 1. The van der Waals surface area contributed by atoms with Crippen LogP contribution in [0, 0.1) is 0 Å². The molecule has 0 saturated carbocycles. The van der Waals surface area contributed by atoms with Gasteiger partial charge in [0.15, 0.2) is 0 Å². The molecule has 3 saturated heterocycles. The van der Waals surface area contributed by atoms with Crippen molar-refractivity contribution in [2.24, 2.45) is 0 Å². The second-order valence-electron chi connectivity index (χ2n) is 5.53. The van der Waals surface area contributed by atoms with Crippen molar-refractivity contribution in [3.05, 3.63) is 0 Å². The summed E-state index contributed by atoms with van der Waals surface area (Å²) in [5, 5.41) is 7.22. The third kappa shape index (κ3) is 3.16. The molecule has 0 aliphatic carbocycles. The molecular formula is C13H19N3O4S. The first-order valence-corrected chi connectivity index (χ1v) is 8.37. The number of urea groups is 1. The average Bonchev–Trinajstić information content (AvgIpc) is 3.08. The number of rotatable bonds is 6. The Morgan fingerprint density at radius 2 is 1.90 bits per heavy atom. The molecule has 0 bridgehead atoms. The molecule has 3 aliphatic heterocycles. The number of amides is 4. The van der Waals surface area contributed by atoms with E-state index in [4.69, 9.17) is 4.84 Å². The summed E-state index contributed by atoms with van der Waals surface area (Å²) in [4.78, 5) is 39.2. The molecule has 0 spiro atoms. The lowest BCUT2D eigenvalue weighted by atomic mass is 10.0. The quantitative estimate of drug-likeness (QED) is 0.421. The molecule has 4 amide bonds. The normalized spacial score (nSPS) is 31.5. The van der Waals surface area contributed by atoms with Gasteiger partial charge in [0.1, 0.15) is 0 Å². The number of unbranched alkanes of at least 4 members (excludes halogenated alkanes) is 1. The van der Waals surface area contributed by atoms with Crippen molar-refractivity contribution < 1.29 is 19.2 Å². The van der Waals surface area contributed by atoms with E-state index < -0.39 is 0 Å². The maximum atomic E-state index is 11.3. The van der Waals surface area contributed by atoms with Gasteiger partial charge in [-0.25, -0.2) is 4.79 Å². The number of hydrogen-bond acceptors (Lipinski definition) is 5. The van der Waals surface area contributed by atoms with Crippen LogP contribution in [0.15, 0.2) is 0 Å². The number of hydroxylamine groups is 2. The van der Waals surface area contributed by atoms with Crippen LogP contribution in [-0.2, 0) is 14.4 Å². The Morgan fingerprint density at radius 3 is 2.67 bits per heavy atom. The van der Waals surface area contributed by atoms with Crippen molar-refractivity contribution in [1.29, 1.82) is 0 Å². The Morgan fingerprint density at radius 1 is 1.14 bits per heavy atom. The molecule has 3 rings (SSSR count). The molecule has 8 heteroatoms. The molecule has 21 heavy (non-hydrogen) atoms. The lowest BCUT2D eigenvalue weighted by Crippen LogP contribution is -2.36. The summed E-state index contributed by atoms with van der Waals surface area (Å²) in [5.74, 6) is 0.476. The first-order valence-electron chi connectivity index (χ1n) is 7.32. The van der Waals surface area contributed by atoms with Crippen molar-refractivity contribution >= 4 is 29.6 Å². The number of fused-ring (bicyclic) bond motifs is 1. The van der Waals surface area contributed by atoms with Gasteiger partial charge in [-0.05, 0) is 19.3 Å². The minimum atomic E-state index is -0.242. The van der Waals surface area contributed by atoms with Crippen LogP contribution in [0.25, 0.3) is 0 Å². The Kier molecular flexibility index (Phi) is 4.34. The van der Waals surface area contributed by atoms with Gasteiger partial charge in [0.25, 0.3) is 11.8 Å². The van der Waals surface area contributed by atoms with E-state index in [2.05, 4.69) is 10.6 Å². The molecule has 0 aromatic carbocycles. The van der Waals surface area contributed by atoms with E-state index in [9.17, 15) is 14.4 Å². The SMILES string of the molecule is O=C1NC2CSC(CCCCON3C(=O)CCC3=O)C2N1. The monoisotopic (exact) mass is 313 g/mol. The third-order valence-corrected chi connectivity index (χ3v) is 5.56. The van der Waals surface area contributed by atoms with E-state index in [1.165, 1.54) is 0 Å². The van der Waals surface area contributed by atoms with E-state index in [-0.39, 0.29) is 42.8 Å². The smallest absolute Gasteiger partial charge is 0.315 e. The first kappa shape index (κ1) is 14.6. The van der Waals surface area contributed by atoms with Gasteiger partial charge in [0, 0.05) is 23.8 Å². The third-order valence-electron chi connectivity index (χ3n) is 4.05. The summed E-state index contributed by atoms with van der Waals surface area (Å²) in [6.07, 6.45) is 3.26. The van der Waals surface area contributed by atoms with Crippen molar-refractivity contribution in [3.8, 4) is 0 Å². The Bertz CT molecular complexity index is 443. The van der Waals surface area contributed by atoms with Gasteiger partial charge in [-0.3, -0.25) is 14.4 Å². The van der Waals surface area contributed by atoms with Gasteiger partial charge in [-0.1, -0.05) is 0 Å². The van der Waals surface area contributed by atoms with Crippen molar-refractivity contribution in [2.75, 3.05) is 12.4 Å². The fraction of sp³-hybridized carbons (Fsp3) is 0.769. The summed E-state index contributed by atoms with van der Waals surface area (Å²) in [5.41, 5.74) is 0. The van der Waals surface area contributed by atoms with Gasteiger partial charge >= 0.3 is 6.03 Å². The highest BCUT2D eigenvalue weighted by Gasteiger charge is 2.42. The molecule has 3 aliphatic rings. The Balaban J connectivity index is 1.33. The number of carbonyl (C=O) groups is 3. The van der Waals surface area contributed by atoms with Crippen LogP contribution in [-0.4, -0.2) is 52.6 Å². The molecule has 3 heterocycles. The van der Waals surface area contributed by atoms with Crippen LogP contribution in [0.1, 0.15) is 32.1 Å². The van der Waals surface area contributed by atoms with Gasteiger partial charge < -0.3 is 10.6 Å². The standard InChI is InChI=1S/C13H19N3O4S/c17-10-4-5-11(18)16(10)20-6-2-1-3-9-12-8(7-21-9)14-13(19)15-12/h8-9,12H,1-7H2,(H2,14,15,19). The minimum absolute atomic E-state index is 0.0651. The van der Waals surface area contributed by atoms with Crippen LogP contribution in [0.5, 0.6) is 0 Å². The van der Waals surface area contributed by atoms with E-state index in [0.29, 0.717) is 11.9 Å². The largest absolute Gasteiger partial charge is 0.332 e. The number of imide groups is 1. The second-order valence-corrected chi connectivity index (χ2v) is 6.80. The molecule has 3 atom stereocenters. The highest BCUT2D eigenvalue weighted by atomic mass is 32.2. The molecule has 0 radical (unpaired) electrons. The fourth-order valence-corrected chi connectivity index (χ4v) is 4.49. The fourth-order valence-electron chi connectivity index (χ4n) is 2.95. The molecule has 0 aromatic heterocycles. The summed E-state index contributed by atoms with van der Waals surface area (Å²) >= 11 is 1.88. The van der Waals surface area contributed by atoms with Crippen LogP contribution in [0.2, 0.25) is 0 Å². The predicted molar refractivity (Wildman–Crippen MR) is 76.4 cm³/mol. The van der Waals surface area contributed by atoms with Crippen LogP contribution >= 0.6 is 11.8 Å². The Hall–Kier alpha value is -1.28. The van der Waals surface area contributed by atoms with Gasteiger partial charge in [0.05, 0.1) is 18.7 Å². The van der Waals surface area contributed by atoms with Crippen LogP contribution in [0.3, 0.4) is 0 Å². The lowest BCUT2D eigenvalue weighted by molar-refractivity contribution is -0.187. The number of nitrogens with zero attached hydrogens (tertiary/aromatic N) is 1. The number of nitrogens with one attached hydrogen (secondary N) is 2. The zero-order valence-corrected chi connectivity index (χ0v) is 12.5. The molecule has 116 valence electrons. The maximum Gasteiger partial charge on any atom is 0.315 e. The maximum absolute atomic E-state index is 11.3. The van der Waals surface area contributed by atoms with Crippen LogP contribution < -0.4 is 10.6 Å². The summed E-state index contributed by atoms with van der Waals surface area (Å²) < 4.78 is 0.